The maximum Gasteiger partial charge on any atom is 0.323 e. The molecular formula is C18H21FN4O2. The van der Waals surface area contributed by atoms with Gasteiger partial charge in [0.05, 0.1) is 12.8 Å². The molecule has 1 aliphatic rings. The van der Waals surface area contributed by atoms with E-state index < -0.39 is 11.8 Å². The second-order valence-corrected chi connectivity index (χ2v) is 5.68. The minimum Gasteiger partial charge on any atom is -0.492 e. The summed E-state index contributed by atoms with van der Waals surface area (Å²) < 4.78 is 18.6. The Morgan fingerprint density at radius 3 is 2.52 bits per heavy atom. The first-order valence-electron chi connectivity index (χ1n) is 8.13. The van der Waals surface area contributed by atoms with Gasteiger partial charge in [0, 0.05) is 37.6 Å². The highest BCUT2D eigenvalue weighted by Crippen LogP contribution is 2.27. The van der Waals surface area contributed by atoms with Crippen LogP contribution in [0, 0.1) is 5.82 Å². The van der Waals surface area contributed by atoms with Crippen LogP contribution in [0.2, 0.25) is 0 Å². The largest absolute Gasteiger partial charge is 0.492 e. The highest BCUT2D eigenvalue weighted by Gasteiger charge is 2.13. The molecule has 1 aliphatic heterocycles. The van der Waals surface area contributed by atoms with E-state index in [1.165, 1.54) is 19.2 Å². The predicted octanol–water partition coefficient (Wildman–Crippen LogP) is 2.89. The number of anilines is 3. The lowest BCUT2D eigenvalue weighted by atomic mass is 10.2. The van der Waals surface area contributed by atoms with Crippen LogP contribution in [0.4, 0.5) is 26.2 Å². The van der Waals surface area contributed by atoms with E-state index in [-0.39, 0.29) is 11.4 Å². The number of hydrogen-bond acceptors (Lipinski definition) is 4. The number of urea groups is 1. The summed E-state index contributed by atoms with van der Waals surface area (Å²) in [6.07, 6.45) is 0. The van der Waals surface area contributed by atoms with E-state index in [4.69, 9.17) is 4.74 Å². The van der Waals surface area contributed by atoms with E-state index in [1.807, 2.05) is 24.3 Å². The van der Waals surface area contributed by atoms with Crippen molar-refractivity contribution in [2.24, 2.45) is 0 Å². The fourth-order valence-corrected chi connectivity index (χ4v) is 2.78. The van der Waals surface area contributed by atoms with Crippen LogP contribution >= 0.6 is 0 Å². The van der Waals surface area contributed by atoms with Crippen molar-refractivity contribution in [3.63, 3.8) is 0 Å². The van der Waals surface area contributed by atoms with Gasteiger partial charge in [-0.05, 0) is 36.4 Å². The van der Waals surface area contributed by atoms with Crippen LogP contribution in [0.1, 0.15) is 0 Å². The molecule has 0 aromatic heterocycles. The first kappa shape index (κ1) is 17.0. The number of ether oxygens (including phenoxy) is 1. The van der Waals surface area contributed by atoms with Gasteiger partial charge in [0.15, 0.2) is 11.6 Å². The molecule has 6 nitrogen and oxygen atoms in total. The number of halogens is 1. The third-order valence-corrected chi connectivity index (χ3v) is 4.03. The first-order chi connectivity index (χ1) is 12.2. The molecule has 1 fully saturated rings. The summed E-state index contributed by atoms with van der Waals surface area (Å²) >= 11 is 0. The van der Waals surface area contributed by atoms with Crippen molar-refractivity contribution in [1.82, 2.24) is 5.32 Å². The van der Waals surface area contributed by atoms with E-state index in [9.17, 15) is 9.18 Å². The lowest BCUT2D eigenvalue weighted by Gasteiger charge is -2.29. The number of nitrogens with one attached hydrogen (secondary N) is 3. The molecule has 0 radical (unpaired) electrons. The normalized spacial score (nSPS) is 14.1. The van der Waals surface area contributed by atoms with Gasteiger partial charge in [-0.1, -0.05) is 6.07 Å². The third-order valence-electron chi connectivity index (χ3n) is 4.03. The number of rotatable bonds is 4. The van der Waals surface area contributed by atoms with Crippen LogP contribution in [0.5, 0.6) is 5.75 Å². The van der Waals surface area contributed by atoms with Gasteiger partial charge in [-0.2, -0.15) is 0 Å². The van der Waals surface area contributed by atoms with Gasteiger partial charge >= 0.3 is 6.03 Å². The zero-order valence-electron chi connectivity index (χ0n) is 14.0. The Bertz CT molecular complexity index is 730. The molecule has 0 saturated carbocycles. The van der Waals surface area contributed by atoms with Crippen molar-refractivity contribution in [2.45, 2.75) is 0 Å². The van der Waals surface area contributed by atoms with E-state index in [1.54, 1.807) is 6.07 Å². The fraction of sp³-hybridized carbons (Fsp3) is 0.278. The van der Waals surface area contributed by atoms with E-state index in [0.717, 1.165) is 31.9 Å². The number of amides is 2. The van der Waals surface area contributed by atoms with E-state index in [0.29, 0.717) is 5.69 Å². The number of hydrogen-bond donors (Lipinski definition) is 3. The summed E-state index contributed by atoms with van der Waals surface area (Å²) in [5.74, 6) is -0.521. The van der Waals surface area contributed by atoms with Gasteiger partial charge in [0.2, 0.25) is 0 Å². The van der Waals surface area contributed by atoms with Crippen LogP contribution in [-0.4, -0.2) is 39.3 Å². The zero-order valence-corrected chi connectivity index (χ0v) is 14.0. The molecule has 0 bridgehead atoms. The zero-order chi connectivity index (χ0) is 17.6. The SMILES string of the molecule is COc1c(F)cccc1NC(=O)Nc1ccc(N2CCNCC2)cc1. The average molecular weight is 344 g/mol. The first-order valence-corrected chi connectivity index (χ1v) is 8.13. The molecule has 1 saturated heterocycles. The van der Waals surface area contributed by atoms with Gasteiger partial charge in [-0.25, -0.2) is 9.18 Å². The predicted molar refractivity (Wildman–Crippen MR) is 97.1 cm³/mol. The molecule has 3 N–H and O–H groups in total. The fourth-order valence-electron chi connectivity index (χ4n) is 2.78. The molecule has 2 aromatic carbocycles. The molecule has 3 rings (SSSR count). The quantitative estimate of drug-likeness (QED) is 0.798. The van der Waals surface area contributed by atoms with Crippen molar-refractivity contribution in [1.29, 1.82) is 0 Å². The Morgan fingerprint density at radius 1 is 1.12 bits per heavy atom. The Labute approximate surface area is 146 Å². The molecule has 132 valence electrons. The van der Waals surface area contributed by atoms with E-state index in [2.05, 4.69) is 20.9 Å². The van der Waals surface area contributed by atoms with Crippen LogP contribution in [0.25, 0.3) is 0 Å². The maximum absolute atomic E-state index is 13.6. The molecule has 1 heterocycles. The van der Waals surface area contributed by atoms with Gasteiger partial charge in [-0.15, -0.1) is 0 Å². The molecule has 7 heteroatoms. The maximum atomic E-state index is 13.6. The Hall–Kier alpha value is -2.80. The summed E-state index contributed by atoms with van der Waals surface area (Å²) in [6, 6.07) is 11.5. The number of piperazine rings is 1. The summed E-state index contributed by atoms with van der Waals surface area (Å²) in [6.45, 7) is 3.87. The Morgan fingerprint density at radius 2 is 1.84 bits per heavy atom. The van der Waals surface area contributed by atoms with Gasteiger partial charge in [-0.3, -0.25) is 0 Å². The highest BCUT2D eigenvalue weighted by molar-refractivity contribution is 6.00. The molecule has 0 atom stereocenters. The summed E-state index contributed by atoms with van der Waals surface area (Å²) in [4.78, 5) is 14.4. The molecule has 0 aliphatic carbocycles. The number of methoxy groups -OCH3 is 1. The van der Waals surface area contributed by atoms with Crippen molar-refractivity contribution >= 4 is 23.1 Å². The third kappa shape index (κ3) is 4.19. The lowest BCUT2D eigenvalue weighted by molar-refractivity contribution is 0.262. The van der Waals surface area contributed by atoms with Crippen LogP contribution in [-0.2, 0) is 0 Å². The minimum atomic E-state index is -0.527. The molecule has 25 heavy (non-hydrogen) atoms. The standard InChI is InChI=1S/C18H21FN4O2/c1-25-17-15(19)3-2-4-16(17)22-18(24)21-13-5-7-14(8-6-13)23-11-9-20-10-12-23/h2-8,20H,9-12H2,1H3,(H2,21,22,24). The Kier molecular flexibility index (Phi) is 5.35. The van der Waals surface area contributed by atoms with Crippen molar-refractivity contribution in [2.75, 3.05) is 48.8 Å². The molecule has 0 spiro atoms. The van der Waals surface area contributed by atoms with Crippen molar-refractivity contribution in [3.05, 3.63) is 48.3 Å². The second-order valence-electron chi connectivity index (χ2n) is 5.68. The number of nitrogens with zero attached hydrogens (tertiary/aromatic N) is 1. The van der Waals surface area contributed by atoms with Crippen LogP contribution in [0.15, 0.2) is 42.5 Å². The number of benzene rings is 2. The van der Waals surface area contributed by atoms with Crippen molar-refractivity contribution < 1.29 is 13.9 Å². The molecule has 0 unspecified atom stereocenters. The minimum absolute atomic E-state index is 0.00621. The van der Waals surface area contributed by atoms with Crippen LogP contribution < -0.4 is 25.6 Å². The van der Waals surface area contributed by atoms with E-state index >= 15 is 0 Å². The van der Waals surface area contributed by atoms with Gasteiger partial charge in [0.25, 0.3) is 0 Å². The summed E-state index contributed by atoms with van der Waals surface area (Å²) in [5.41, 5.74) is 2.06. The smallest absolute Gasteiger partial charge is 0.323 e. The lowest BCUT2D eigenvalue weighted by Crippen LogP contribution is -2.43. The average Bonchev–Trinajstić information content (AvgIpc) is 2.63. The molecule has 2 aromatic rings. The topological polar surface area (TPSA) is 65.6 Å². The number of para-hydroxylation sites is 1. The van der Waals surface area contributed by atoms with Crippen LogP contribution in [0.3, 0.4) is 0 Å². The molecular weight excluding hydrogens is 323 g/mol. The molecule has 2 amide bonds. The highest BCUT2D eigenvalue weighted by atomic mass is 19.1. The summed E-state index contributed by atoms with van der Waals surface area (Å²) in [7, 11) is 1.36. The van der Waals surface area contributed by atoms with Gasteiger partial charge in [0.1, 0.15) is 0 Å². The number of carbonyl (C=O) groups is 1. The number of carbonyl (C=O) groups excluding carboxylic acids is 1. The van der Waals surface area contributed by atoms with Crippen molar-refractivity contribution in [3.8, 4) is 5.75 Å². The van der Waals surface area contributed by atoms with Gasteiger partial charge < -0.3 is 25.6 Å². The monoisotopic (exact) mass is 344 g/mol. The second kappa shape index (κ2) is 7.85. The summed E-state index contributed by atoms with van der Waals surface area (Å²) in [5, 5.41) is 8.64. The Balaban J connectivity index is 1.62.